The van der Waals surface area contributed by atoms with Crippen LogP contribution in [0.1, 0.15) is 17.3 Å². The highest BCUT2D eigenvalue weighted by atomic mass is 79.9. The molecule has 104 valence electrons. The Hall–Kier alpha value is -2.01. The number of ether oxygens (including phenoxy) is 1. The second kappa shape index (κ2) is 6.43. The van der Waals surface area contributed by atoms with Crippen LogP contribution < -0.4 is 15.8 Å². The SMILES string of the molecule is CCOc1cccc(NC(=O)c2cc(N)cc(Br)c2)c1. The number of amides is 1. The molecule has 5 heteroatoms. The summed E-state index contributed by atoms with van der Waals surface area (Å²) in [5.74, 6) is 0.505. The van der Waals surface area contributed by atoms with Crippen molar-refractivity contribution in [2.75, 3.05) is 17.7 Å². The summed E-state index contributed by atoms with van der Waals surface area (Å²) in [5.41, 5.74) is 7.44. The molecule has 0 radical (unpaired) electrons. The van der Waals surface area contributed by atoms with Crippen LogP contribution in [0.3, 0.4) is 0 Å². The van der Waals surface area contributed by atoms with Gasteiger partial charge >= 0.3 is 0 Å². The molecule has 0 aliphatic rings. The summed E-state index contributed by atoms with van der Waals surface area (Å²) in [4.78, 5) is 12.2. The Kier molecular flexibility index (Phi) is 4.63. The number of carbonyl (C=O) groups is 1. The van der Waals surface area contributed by atoms with Gasteiger partial charge in [-0.2, -0.15) is 0 Å². The maximum absolute atomic E-state index is 12.2. The number of halogens is 1. The molecule has 2 aromatic rings. The maximum Gasteiger partial charge on any atom is 0.255 e. The molecule has 0 saturated carbocycles. The predicted molar refractivity (Wildman–Crippen MR) is 84.1 cm³/mol. The zero-order chi connectivity index (χ0) is 14.5. The van der Waals surface area contributed by atoms with Gasteiger partial charge in [0.15, 0.2) is 0 Å². The van der Waals surface area contributed by atoms with Crippen molar-refractivity contribution in [2.45, 2.75) is 6.92 Å². The number of benzene rings is 2. The summed E-state index contributed by atoms with van der Waals surface area (Å²) in [5, 5.41) is 2.82. The smallest absolute Gasteiger partial charge is 0.255 e. The van der Waals surface area contributed by atoms with Crippen molar-refractivity contribution in [3.05, 3.63) is 52.5 Å². The monoisotopic (exact) mass is 334 g/mol. The van der Waals surface area contributed by atoms with Crippen molar-refractivity contribution in [1.82, 2.24) is 0 Å². The average molecular weight is 335 g/mol. The van der Waals surface area contributed by atoms with Gasteiger partial charge in [-0.3, -0.25) is 4.79 Å². The van der Waals surface area contributed by atoms with Crippen LogP contribution in [0.4, 0.5) is 11.4 Å². The molecule has 4 nitrogen and oxygen atoms in total. The molecule has 0 bridgehead atoms. The van der Waals surface area contributed by atoms with E-state index in [2.05, 4.69) is 21.2 Å². The number of carbonyl (C=O) groups excluding carboxylic acids is 1. The molecule has 0 fully saturated rings. The van der Waals surface area contributed by atoms with Gasteiger partial charge < -0.3 is 15.8 Å². The number of hydrogen-bond donors (Lipinski definition) is 2. The van der Waals surface area contributed by atoms with Crippen molar-refractivity contribution < 1.29 is 9.53 Å². The molecule has 0 aliphatic carbocycles. The van der Waals surface area contributed by atoms with Crippen molar-refractivity contribution >= 4 is 33.2 Å². The summed E-state index contributed by atoms with van der Waals surface area (Å²) < 4.78 is 6.16. The lowest BCUT2D eigenvalue weighted by Gasteiger charge is -2.08. The molecule has 1 amide bonds. The molecule has 0 saturated heterocycles. The summed E-state index contributed by atoms with van der Waals surface area (Å²) in [7, 11) is 0. The molecule has 3 N–H and O–H groups in total. The Bertz CT molecular complexity index is 609. The Morgan fingerprint density at radius 2 is 2.10 bits per heavy atom. The van der Waals surface area contributed by atoms with E-state index in [1.165, 1.54) is 0 Å². The third-order valence-corrected chi connectivity index (χ3v) is 3.04. The maximum atomic E-state index is 12.2. The number of nitrogens with two attached hydrogens (primary N) is 1. The van der Waals surface area contributed by atoms with Crippen LogP contribution in [0.15, 0.2) is 46.9 Å². The van der Waals surface area contributed by atoms with Gasteiger partial charge in [0.1, 0.15) is 5.75 Å². The van der Waals surface area contributed by atoms with Gasteiger partial charge in [0.2, 0.25) is 0 Å². The highest BCUT2D eigenvalue weighted by molar-refractivity contribution is 9.10. The third-order valence-electron chi connectivity index (χ3n) is 2.59. The molecule has 0 atom stereocenters. The van der Waals surface area contributed by atoms with E-state index in [1.807, 2.05) is 25.1 Å². The van der Waals surface area contributed by atoms with Crippen molar-refractivity contribution in [1.29, 1.82) is 0 Å². The van der Waals surface area contributed by atoms with Gasteiger partial charge in [-0.05, 0) is 37.3 Å². The van der Waals surface area contributed by atoms with E-state index in [0.29, 0.717) is 23.5 Å². The Morgan fingerprint density at radius 3 is 2.80 bits per heavy atom. The number of hydrogen-bond acceptors (Lipinski definition) is 3. The van der Waals surface area contributed by atoms with E-state index in [-0.39, 0.29) is 5.91 Å². The number of rotatable bonds is 4. The Labute approximate surface area is 126 Å². The highest BCUT2D eigenvalue weighted by Crippen LogP contribution is 2.20. The minimum Gasteiger partial charge on any atom is -0.494 e. The second-order valence-corrected chi connectivity index (χ2v) is 5.10. The zero-order valence-electron chi connectivity index (χ0n) is 11.0. The van der Waals surface area contributed by atoms with Crippen LogP contribution in [0.25, 0.3) is 0 Å². The first kappa shape index (κ1) is 14.4. The fourth-order valence-electron chi connectivity index (χ4n) is 1.78. The van der Waals surface area contributed by atoms with Crippen molar-refractivity contribution in [3.8, 4) is 5.75 Å². The first-order valence-corrected chi connectivity index (χ1v) is 6.98. The van der Waals surface area contributed by atoms with E-state index in [0.717, 1.165) is 10.2 Å². The van der Waals surface area contributed by atoms with E-state index < -0.39 is 0 Å². The average Bonchev–Trinajstić information content (AvgIpc) is 2.38. The van der Waals surface area contributed by atoms with Gasteiger partial charge in [0, 0.05) is 27.5 Å². The molecule has 0 unspecified atom stereocenters. The molecule has 2 aromatic carbocycles. The van der Waals surface area contributed by atoms with Crippen LogP contribution in [0.5, 0.6) is 5.75 Å². The Morgan fingerprint density at radius 1 is 1.30 bits per heavy atom. The summed E-state index contributed by atoms with van der Waals surface area (Å²) in [6, 6.07) is 12.4. The van der Waals surface area contributed by atoms with Crippen LogP contribution in [-0.4, -0.2) is 12.5 Å². The second-order valence-electron chi connectivity index (χ2n) is 4.19. The van der Waals surface area contributed by atoms with E-state index in [9.17, 15) is 4.79 Å². The molecule has 20 heavy (non-hydrogen) atoms. The highest BCUT2D eigenvalue weighted by Gasteiger charge is 2.08. The topological polar surface area (TPSA) is 64.3 Å². The number of anilines is 2. The largest absolute Gasteiger partial charge is 0.494 e. The summed E-state index contributed by atoms with van der Waals surface area (Å²) >= 11 is 3.32. The molecule has 0 spiro atoms. The van der Waals surface area contributed by atoms with Crippen LogP contribution in [0.2, 0.25) is 0 Å². The van der Waals surface area contributed by atoms with E-state index in [1.54, 1.807) is 24.3 Å². The first-order valence-electron chi connectivity index (χ1n) is 6.19. The number of nitrogen functional groups attached to an aromatic ring is 1. The molecule has 0 heterocycles. The molecule has 2 rings (SSSR count). The van der Waals surface area contributed by atoms with Crippen LogP contribution in [0, 0.1) is 0 Å². The quantitative estimate of drug-likeness (QED) is 0.838. The number of nitrogens with one attached hydrogen (secondary N) is 1. The fourth-order valence-corrected chi connectivity index (χ4v) is 2.29. The minimum atomic E-state index is -0.216. The standard InChI is InChI=1S/C15H15BrN2O2/c1-2-20-14-5-3-4-13(9-14)18-15(19)10-6-11(16)8-12(17)7-10/h3-9H,2,17H2,1H3,(H,18,19). The molecule has 0 aromatic heterocycles. The van der Waals surface area contributed by atoms with Gasteiger partial charge in [-0.15, -0.1) is 0 Å². The van der Waals surface area contributed by atoms with Gasteiger partial charge in [-0.1, -0.05) is 22.0 Å². The van der Waals surface area contributed by atoms with Crippen LogP contribution in [-0.2, 0) is 0 Å². The van der Waals surface area contributed by atoms with Gasteiger partial charge in [-0.25, -0.2) is 0 Å². The zero-order valence-corrected chi connectivity index (χ0v) is 12.6. The van der Waals surface area contributed by atoms with Gasteiger partial charge in [0.05, 0.1) is 6.61 Å². The lowest BCUT2D eigenvalue weighted by Crippen LogP contribution is -2.12. The lowest BCUT2D eigenvalue weighted by molar-refractivity contribution is 0.102. The van der Waals surface area contributed by atoms with E-state index in [4.69, 9.17) is 10.5 Å². The van der Waals surface area contributed by atoms with E-state index >= 15 is 0 Å². The Balaban J connectivity index is 2.16. The normalized spacial score (nSPS) is 10.1. The first-order chi connectivity index (χ1) is 9.58. The molecular formula is C15H15BrN2O2. The van der Waals surface area contributed by atoms with Gasteiger partial charge in [0.25, 0.3) is 5.91 Å². The predicted octanol–water partition coefficient (Wildman–Crippen LogP) is 3.68. The van der Waals surface area contributed by atoms with Crippen molar-refractivity contribution in [2.24, 2.45) is 0 Å². The lowest BCUT2D eigenvalue weighted by atomic mass is 10.2. The summed E-state index contributed by atoms with van der Waals surface area (Å²) in [6.07, 6.45) is 0. The summed E-state index contributed by atoms with van der Waals surface area (Å²) in [6.45, 7) is 2.50. The third kappa shape index (κ3) is 3.74. The van der Waals surface area contributed by atoms with Crippen LogP contribution >= 0.6 is 15.9 Å². The molecular weight excluding hydrogens is 320 g/mol. The molecule has 0 aliphatic heterocycles. The minimum absolute atomic E-state index is 0.216. The fraction of sp³-hybridized carbons (Fsp3) is 0.133. The van der Waals surface area contributed by atoms with Crippen molar-refractivity contribution in [3.63, 3.8) is 0 Å².